The van der Waals surface area contributed by atoms with Gasteiger partial charge in [-0.3, -0.25) is 0 Å². The second-order valence-electron chi connectivity index (χ2n) is 4.40. The Morgan fingerprint density at radius 3 is 2.20 bits per heavy atom. The first-order valence-corrected chi connectivity index (χ1v) is 6.15. The third-order valence-electron chi connectivity index (χ3n) is 2.97. The lowest BCUT2D eigenvalue weighted by molar-refractivity contribution is 0.475. The van der Waals surface area contributed by atoms with E-state index in [-0.39, 0.29) is 11.5 Å². The van der Waals surface area contributed by atoms with Gasteiger partial charge in [-0.15, -0.1) is 0 Å². The summed E-state index contributed by atoms with van der Waals surface area (Å²) in [4.78, 5) is 0. The van der Waals surface area contributed by atoms with E-state index >= 15 is 0 Å². The lowest BCUT2D eigenvalue weighted by Crippen LogP contribution is -1.73. The van der Waals surface area contributed by atoms with Gasteiger partial charge in [-0.25, -0.2) is 0 Å². The molecule has 0 saturated heterocycles. The van der Waals surface area contributed by atoms with Gasteiger partial charge < -0.3 is 10.2 Å². The van der Waals surface area contributed by atoms with Gasteiger partial charge in [0.25, 0.3) is 0 Å². The quantitative estimate of drug-likeness (QED) is 0.661. The van der Waals surface area contributed by atoms with Gasteiger partial charge in [0.15, 0.2) is 0 Å². The van der Waals surface area contributed by atoms with Crippen LogP contribution >= 0.6 is 0 Å². The number of aromatic hydroxyl groups is 2. The molecule has 0 bridgehead atoms. The maximum atomic E-state index is 9.72. The van der Waals surface area contributed by atoms with Crippen molar-refractivity contribution in [2.45, 2.75) is 0 Å². The predicted octanol–water partition coefficient (Wildman–Crippen LogP) is 4.67. The fourth-order valence-electron chi connectivity index (χ4n) is 1.95. The van der Waals surface area contributed by atoms with Crippen LogP contribution in [-0.2, 0) is 0 Å². The van der Waals surface area contributed by atoms with Crippen LogP contribution < -0.4 is 0 Å². The molecule has 0 aliphatic carbocycles. The molecule has 0 unspecified atom stereocenters. The summed E-state index contributed by atoms with van der Waals surface area (Å²) < 4.78 is 0. The first-order valence-electron chi connectivity index (χ1n) is 6.15. The molecule has 20 heavy (non-hydrogen) atoms. The Hall–Kier alpha value is -2.88. The Balaban J connectivity index is 1.93. The number of fused-ring (bicyclic) bond motifs is 1. The first-order chi connectivity index (χ1) is 9.72. The molecule has 0 radical (unpaired) electrons. The van der Waals surface area contributed by atoms with Crippen molar-refractivity contribution in [3.8, 4) is 11.5 Å². The number of benzene rings is 3. The number of hydrogen-bond donors (Lipinski definition) is 2. The molecule has 0 spiro atoms. The molecular weight excluding hydrogens is 252 g/mol. The Morgan fingerprint density at radius 1 is 0.700 bits per heavy atom. The van der Waals surface area contributed by atoms with Crippen LogP contribution in [0.25, 0.3) is 10.8 Å². The van der Waals surface area contributed by atoms with Gasteiger partial charge in [0.05, 0.1) is 11.4 Å². The zero-order chi connectivity index (χ0) is 13.9. The smallest absolute Gasteiger partial charge is 0.123 e. The summed E-state index contributed by atoms with van der Waals surface area (Å²) in [5.41, 5.74) is 1.37. The summed E-state index contributed by atoms with van der Waals surface area (Å²) in [6, 6.07) is 17.3. The molecule has 0 saturated carbocycles. The second kappa shape index (κ2) is 5.01. The highest BCUT2D eigenvalue weighted by Crippen LogP contribution is 2.28. The number of phenols is 2. The van der Waals surface area contributed by atoms with Crippen LogP contribution in [0.15, 0.2) is 70.9 Å². The molecule has 4 nitrogen and oxygen atoms in total. The van der Waals surface area contributed by atoms with Gasteiger partial charge in [-0.1, -0.05) is 12.1 Å². The van der Waals surface area contributed by atoms with Crippen molar-refractivity contribution in [2.75, 3.05) is 0 Å². The van der Waals surface area contributed by atoms with Crippen LogP contribution in [0, 0.1) is 0 Å². The number of hydrogen-bond acceptors (Lipinski definition) is 4. The average Bonchev–Trinajstić information content (AvgIpc) is 2.47. The van der Waals surface area contributed by atoms with Crippen LogP contribution in [0.5, 0.6) is 11.5 Å². The van der Waals surface area contributed by atoms with Gasteiger partial charge in [-0.2, -0.15) is 10.2 Å². The summed E-state index contributed by atoms with van der Waals surface area (Å²) in [6.45, 7) is 0. The van der Waals surface area contributed by atoms with Crippen LogP contribution in [-0.4, -0.2) is 10.2 Å². The summed E-state index contributed by atoms with van der Waals surface area (Å²) >= 11 is 0. The van der Waals surface area contributed by atoms with E-state index in [1.54, 1.807) is 42.5 Å². The van der Waals surface area contributed by atoms with E-state index in [0.717, 1.165) is 10.8 Å². The van der Waals surface area contributed by atoms with E-state index < -0.39 is 0 Å². The number of nitrogens with zero attached hydrogens (tertiary/aromatic N) is 2. The summed E-state index contributed by atoms with van der Waals surface area (Å²) in [7, 11) is 0. The molecule has 0 aliphatic heterocycles. The van der Waals surface area contributed by atoms with E-state index in [9.17, 15) is 10.2 Å². The molecular formula is C16H12N2O2. The molecule has 0 aromatic heterocycles. The van der Waals surface area contributed by atoms with Crippen LogP contribution in [0.3, 0.4) is 0 Å². The SMILES string of the molecule is Oc1ccc(N=Nc2ccc3c(O)cccc3c2)cc1. The lowest BCUT2D eigenvalue weighted by Gasteiger charge is -2.01. The number of azo groups is 1. The van der Waals surface area contributed by atoms with E-state index in [2.05, 4.69) is 10.2 Å². The maximum absolute atomic E-state index is 9.72. The molecule has 2 N–H and O–H groups in total. The average molecular weight is 264 g/mol. The lowest BCUT2D eigenvalue weighted by atomic mass is 10.1. The van der Waals surface area contributed by atoms with Crippen molar-refractivity contribution >= 4 is 22.1 Å². The second-order valence-corrected chi connectivity index (χ2v) is 4.40. The van der Waals surface area contributed by atoms with E-state index in [0.29, 0.717) is 11.4 Å². The summed E-state index contributed by atoms with van der Waals surface area (Å²) in [5.74, 6) is 0.453. The van der Waals surface area contributed by atoms with Gasteiger partial charge in [-0.05, 0) is 53.9 Å². The van der Waals surface area contributed by atoms with Gasteiger partial charge in [0.2, 0.25) is 0 Å². The molecule has 0 aliphatic rings. The number of phenolic OH excluding ortho intramolecular Hbond substituents is 2. The topological polar surface area (TPSA) is 65.2 Å². The molecule has 0 amide bonds. The molecule has 98 valence electrons. The van der Waals surface area contributed by atoms with Gasteiger partial charge >= 0.3 is 0 Å². The molecule has 3 aromatic rings. The standard InChI is InChI=1S/C16H12N2O2/c19-14-7-4-12(5-8-14)17-18-13-6-9-15-11(10-13)2-1-3-16(15)20/h1-10,19-20H. The summed E-state index contributed by atoms with van der Waals surface area (Å²) in [5, 5.41) is 28.9. The largest absolute Gasteiger partial charge is 0.508 e. The Bertz CT molecular complexity index is 780. The third-order valence-corrected chi connectivity index (χ3v) is 2.97. The van der Waals surface area contributed by atoms with E-state index in [4.69, 9.17) is 0 Å². The van der Waals surface area contributed by atoms with E-state index in [1.807, 2.05) is 18.2 Å². The highest BCUT2D eigenvalue weighted by Gasteiger charge is 2.00. The predicted molar refractivity (Wildman–Crippen MR) is 77.9 cm³/mol. The molecule has 0 fully saturated rings. The van der Waals surface area contributed by atoms with Crippen molar-refractivity contribution in [3.63, 3.8) is 0 Å². The van der Waals surface area contributed by atoms with Crippen molar-refractivity contribution in [1.82, 2.24) is 0 Å². The molecule has 0 atom stereocenters. The number of rotatable bonds is 2. The zero-order valence-corrected chi connectivity index (χ0v) is 10.6. The fraction of sp³-hybridized carbons (Fsp3) is 0. The van der Waals surface area contributed by atoms with Crippen molar-refractivity contribution < 1.29 is 10.2 Å². The van der Waals surface area contributed by atoms with Crippen LogP contribution in [0.4, 0.5) is 11.4 Å². The zero-order valence-electron chi connectivity index (χ0n) is 10.6. The molecule has 3 rings (SSSR count). The van der Waals surface area contributed by atoms with Crippen LogP contribution in [0.1, 0.15) is 0 Å². The monoisotopic (exact) mass is 264 g/mol. The van der Waals surface area contributed by atoms with Gasteiger partial charge in [0, 0.05) is 5.39 Å². The van der Waals surface area contributed by atoms with Gasteiger partial charge in [0.1, 0.15) is 11.5 Å². The minimum Gasteiger partial charge on any atom is -0.508 e. The fourth-order valence-corrected chi connectivity index (χ4v) is 1.95. The minimum absolute atomic E-state index is 0.199. The molecule has 4 heteroatoms. The third kappa shape index (κ3) is 2.44. The van der Waals surface area contributed by atoms with Crippen molar-refractivity contribution in [3.05, 3.63) is 60.7 Å². The Morgan fingerprint density at radius 2 is 1.40 bits per heavy atom. The minimum atomic E-state index is 0.199. The van der Waals surface area contributed by atoms with E-state index in [1.165, 1.54) is 0 Å². The highest BCUT2D eigenvalue weighted by molar-refractivity contribution is 5.90. The summed E-state index contributed by atoms with van der Waals surface area (Å²) in [6.07, 6.45) is 0. The maximum Gasteiger partial charge on any atom is 0.123 e. The Labute approximate surface area is 115 Å². The molecule has 3 aromatic carbocycles. The highest BCUT2D eigenvalue weighted by atomic mass is 16.3. The Kier molecular flexibility index (Phi) is 3.05. The van der Waals surface area contributed by atoms with Crippen molar-refractivity contribution in [1.29, 1.82) is 0 Å². The van der Waals surface area contributed by atoms with Crippen LogP contribution in [0.2, 0.25) is 0 Å². The first kappa shape index (κ1) is 12.2. The normalized spacial score (nSPS) is 11.2. The molecule has 0 heterocycles. The van der Waals surface area contributed by atoms with Crippen molar-refractivity contribution in [2.24, 2.45) is 10.2 Å².